The Kier molecular flexibility index (Phi) is 7.39. The molecule has 0 aliphatic heterocycles. The zero-order chi connectivity index (χ0) is 16.5. The molecule has 0 atom stereocenters. The van der Waals surface area contributed by atoms with Gasteiger partial charge in [-0.1, -0.05) is 51.9 Å². The normalized spacial score (nSPS) is 20.9. The molecule has 0 bridgehead atoms. The third-order valence-corrected chi connectivity index (χ3v) is 4.98. The highest BCUT2D eigenvalue weighted by Gasteiger charge is 2.21. The Morgan fingerprint density at radius 1 is 1.13 bits per heavy atom. The van der Waals surface area contributed by atoms with Crippen LogP contribution in [0.15, 0.2) is 18.2 Å². The molecule has 0 amide bonds. The lowest BCUT2D eigenvalue weighted by Crippen LogP contribution is -2.20. The van der Waals surface area contributed by atoms with Gasteiger partial charge in [0.2, 0.25) is 0 Å². The van der Waals surface area contributed by atoms with Crippen LogP contribution in [0.1, 0.15) is 70.3 Å². The highest BCUT2D eigenvalue weighted by Crippen LogP contribution is 2.32. The van der Waals surface area contributed by atoms with Crippen LogP contribution in [0.3, 0.4) is 0 Å². The van der Waals surface area contributed by atoms with Crippen molar-refractivity contribution >= 4 is 0 Å². The summed E-state index contributed by atoms with van der Waals surface area (Å²) in [5.41, 5.74) is 0.0703. The first-order valence-corrected chi connectivity index (χ1v) is 9.05. The number of benzene rings is 1. The predicted octanol–water partition coefficient (Wildman–Crippen LogP) is 5.85. The van der Waals surface area contributed by atoms with Gasteiger partial charge in [0.25, 0.3) is 0 Å². The van der Waals surface area contributed by atoms with Crippen molar-refractivity contribution in [2.24, 2.45) is 11.8 Å². The van der Waals surface area contributed by atoms with Gasteiger partial charge in [-0.15, -0.1) is 0 Å². The zero-order valence-corrected chi connectivity index (χ0v) is 14.2. The van der Waals surface area contributed by atoms with E-state index in [1.165, 1.54) is 69.9 Å². The number of nitrogens with zero attached hydrogens (tertiary/aromatic N) is 1. The minimum Gasteiger partial charge on any atom is -0.493 e. The molecule has 1 aliphatic carbocycles. The van der Waals surface area contributed by atoms with Gasteiger partial charge >= 0.3 is 0 Å². The number of halogens is 1. The third-order valence-electron chi connectivity index (χ3n) is 4.98. The number of nitriles is 1. The van der Waals surface area contributed by atoms with Gasteiger partial charge in [0.1, 0.15) is 17.6 Å². The number of ether oxygens (including phenoxy) is 1. The predicted molar refractivity (Wildman–Crippen MR) is 90.8 cm³/mol. The van der Waals surface area contributed by atoms with Crippen molar-refractivity contribution in [2.45, 2.75) is 64.7 Å². The Morgan fingerprint density at radius 3 is 2.52 bits per heavy atom. The van der Waals surface area contributed by atoms with E-state index < -0.39 is 5.82 Å². The Bertz CT molecular complexity index is 515. The van der Waals surface area contributed by atoms with Crippen LogP contribution < -0.4 is 4.74 Å². The lowest BCUT2D eigenvalue weighted by molar-refractivity contribution is 0.177. The molecule has 1 aromatic carbocycles. The second-order valence-corrected chi connectivity index (χ2v) is 6.80. The summed E-state index contributed by atoms with van der Waals surface area (Å²) in [6.45, 7) is 2.92. The summed E-state index contributed by atoms with van der Waals surface area (Å²) in [5, 5.41) is 8.73. The molecule has 1 fully saturated rings. The van der Waals surface area contributed by atoms with Crippen molar-refractivity contribution in [3.05, 3.63) is 29.6 Å². The molecule has 1 aromatic rings. The van der Waals surface area contributed by atoms with E-state index in [9.17, 15) is 4.39 Å². The summed E-state index contributed by atoms with van der Waals surface area (Å²) in [6.07, 6.45) is 11.9. The maximum absolute atomic E-state index is 13.5. The summed E-state index contributed by atoms with van der Waals surface area (Å²) in [5.74, 6) is 1.51. The Hall–Kier alpha value is -1.56. The van der Waals surface area contributed by atoms with Gasteiger partial charge in [-0.05, 0) is 36.8 Å². The van der Waals surface area contributed by atoms with Gasteiger partial charge in [0.15, 0.2) is 0 Å². The number of unbranched alkanes of at least 4 members (excludes halogenated alkanes) is 3. The van der Waals surface area contributed by atoms with Crippen LogP contribution in [0.4, 0.5) is 4.39 Å². The molecule has 0 aromatic heterocycles. The number of hydrogen-bond acceptors (Lipinski definition) is 2. The van der Waals surface area contributed by atoms with Crippen LogP contribution in [0.2, 0.25) is 0 Å². The van der Waals surface area contributed by atoms with Gasteiger partial charge in [0, 0.05) is 6.07 Å². The van der Waals surface area contributed by atoms with Crippen molar-refractivity contribution in [1.29, 1.82) is 5.26 Å². The summed E-state index contributed by atoms with van der Waals surface area (Å²) < 4.78 is 19.3. The molecule has 126 valence electrons. The van der Waals surface area contributed by atoms with Gasteiger partial charge in [-0.2, -0.15) is 5.26 Å². The Morgan fingerprint density at radius 2 is 1.87 bits per heavy atom. The second-order valence-electron chi connectivity index (χ2n) is 6.80. The first kappa shape index (κ1) is 17.8. The zero-order valence-electron chi connectivity index (χ0n) is 14.2. The van der Waals surface area contributed by atoms with E-state index in [0.717, 1.165) is 5.92 Å². The molecular formula is C20H28FNO. The summed E-state index contributed by atoms with van der Waals surface area (Å²) in [4.78, 5) is 0. The van der Waals surface area contributed by atoms with Crippen LogP contribution in [0.5, 0.6) is 5.75 Å². The minimum atomic E-state index is -0.499. The largest absolute Gasteiger partial charge is 0.493 e. The van der Waals surface area contributed by atoms with E-state index in [2.05, 4.69) is 6.92 Å². The average Bonchev–Trinajstić information content (AvgIpc) is 2.58. The maximum atomic E-state index is 13.5. The fourth-order valence-electron chi connectivity index (χ4n) is 3.44. The highest BCUT2D eigenvalue weighted by molar-refractivity contribution is 5.36. The Balaban J connectivity index is 1.66. The standard InChI is InChI=1S/C20H28FNO/c1-2-3-4-5-6-16-7-9-17(10-8-16)15-23-19-12-11-18(14-22)20(21)13-19/h11-13,16-17H,2-10,15H2,1H3. The van der Waals surface area contributed by atoms with Gasteiger partial charge in [-0.25, -0.2) is 4.39 Å². The summed E-state index contributed by atoms with van der Waals surface area (Å²) in [6, 6.07) is 6.31. The number of hydrogen-bond donors (Lipinski definition) is 0. The summed E-state index contributed by atoms with van der Waals surface area (Å²) in [7, 11) is 0. The molecule has 23 heavy (non-hydrogen) atoms. The lowest BCUT2D eigenvalue weighted by Gasteiger charge is -2.28. The van der Waals surface area contributed by atoms with Crippen LogP contribution in [-0.4, -0.2) is 6.61 Å². The van der Waals surface area contributed by atoms with Crippen LogP contribution in [-0.2, 0) is 0 Å². The van der Waals surface area contributed by atoms with E-state index in [1.807, 2.05) is 6.07 Å². The van der Waals surface area contributed by atoms with Crippen molar-refractivity contribution in [1.82, 2.24) is 0 Å². The van der Waals surface area contributed by atoms with Crippen molar-refractivity contribution in [3.63, 3.8) is 0 Å². The second kappa shape index (κ2) is 9.55. The fourth-order valence-corrected chi connectivity index (χ4v) is 3.44. The van der Waals surface area contributed by atoms with Crippen LogP contribution in [0.25, 0.3) is 0 Å². The monoisotopic (exact) mass is 317 g/mol. The fraction of sp³-hybridized carbons (Fsp3) is 0.650. The quantitative estimate of drug-likeness (QED) is 0.563. The van der Waals surface area contributed by atoms with Crippen LogP contribution in [0, 0.1) is 29.0 Å². The lowest BCUT2D eigenvalue weighted by atomic mass is 9.80. The third kappa shape index (κ3) is 5.86. The smallest absolute Gasteiger partial charge is 0.144 e. The highest BCUT2D eigenvalue weighted by atomic mass is 19.1. The molecule has 2 rings (SSSR count). The molecule has 1 saturated carbocycles. The van der Waals surface area contributed by atoms with Gasteiger partial charge in [0.05, 0.1) is 12.2 Å². The van der Waals surface area contributed by atoms with E-state index >= 15 is 0 Å². The SMILES string of the molecule is CCCCCCC1CCC(COc2ccc(C#N)c(F)c2)CC1. The molecule has 3 heteroatoms. The number of rotatable bonds is 8. The molecule has 0 N–H and O–H groups in total. The molecule has 0 radical (unpaired) electrons. The van der Waals surface area contributed by atoms with E-state index in [1.54, 1.807) is 6.07 Å². The molecule has 0 unspecified atom stereocenters. The van der Waals surface area contributed by atoms with Gasteiger partial charge in [-0.3, -0.25) is 0 Å². The topological polar surface area (TPSA) is 33.0 Å². The van der Waals surface area contributed by atoms with E-state index in [4.69, 9.17) is 10.00 Å². The van der Waals surface area contributed by atoms with Gasteiger partial charge < -0.3 is 4.74 Å². The molecule has 1 aliphatic rings. The molecule has 0 spiro atoms. The van der Waals surface area contributed by atoms with E-state index in [0.29, 0.717) is 18.3 Å². The average molecular weight is 317 g/mol. The molecule has 2 nitrogen and oxygen atoms in total. The maximum Gasteiger partial charge on any atom is 0.144 e. The summed E-state index contributed by atoms with van der Waals surface area (Å²) >= 11 is 0. The van der Waals surface area contributed by atoms with E-state index in [-0.39, 0.29) is 5.56 Å². The molecule has 0 saturated heterocycles. The first-order chi connectivity index (χ1) is 11.2. The molecule has 0 heterocycles. The van der Waals surface area contributed by atoms with Crippen LogP contribution >= 0.6 is 0 Å². The van der Waals surface area contributed by atoms with Crippen molar-refractivity contribution < 1.29 is 9.13 Å². The molecular weight excluding hydrogens is 289 g/mol. The first-order valence-electron chi connectivity index (χ1n) is 9.05. The Labute approximate surface area is 139 Å². The minimum absolute atomic E-state index is 0.0703. The van der Waals surface area contributed by atoms with Crippen molar-refractivity contribution in [2.75, 3.05) is 6.61 Å². The van der Waals surface area contributed by atoms with Crippen molar-refractivity contribution in [3.8, 4) is 11.8 Å².